The van der Waals surface area contributed by atoms with Crippen LogP contribution in [0.25, 0.3) is 0 Å². The molecule has 1 fully saturated rings. The van der Waals surface area contributed by atoms with Gasteiger partial charge in [0.05, 0.1) is 6.61 Å². The number of aliphatic hydroxyl groups excluding tert-OH is 1. The van der Waals surface area contributed by atoms with Crippen LogP contribution in [-0.2, 0) is 16.6 Å². The van der Waals surface area contributed by atoms with Crippen molar-refractivity contribution >= 4 is 10.0 Å². The molecule has 1 saturated carbocycles. The van der Waals surface area contributed by atoms with Crippen molar-refractivity contribution in [3.8, 4) is 0 Å². The van der Waals surface area contributed by atoms with Crippen molar-refractivity contribution in [2.24, 2.45) is 5.41 Å². The Morgan fingerprint density at radius 2 is 2.10 bits per heavy atom. The van der Waals surface area contributed by atoms with E-state index in [4.69, 9.17) is 5.11 Å². The Hall–Kier alpha value is -0.980. The lowest BCUT2D eigenvalue weighted by molar-refractivity contribution is 0.188. The number of rotatable bonds is 4. The maximum atomic E-state index is 13.9. The number of hydrogen-bond acceptors (Lipinski definition) is 3. The summed E-state index contributed by atoms with van der Waals surface area (Å²) < 4.78 is 41.4. The van der Waals surface area contributed by atoms with Gasteiger partial charge in [-0.1, -0.05) is 32.8 Å². The average Bonchev–Trinajstić information content (AvgIpc) is 2.40. The van der Waals surface area contributed by atoms with Gasteiger partial charge < -0.3 is 5.11 Å². The summed E-state index contributed by atoms with van der Waals surface area (Å²) in [4.78, 5) is -0.360. The molecule has 1 aromatic carbocycles. The molecule has 6 heteroatoms. The molecule has 1 aliphatic carbocycles. The predicted molar refractivity (Wildman–Crippen MR) is 78.7 cm³/mol. The summed E-state index contributed by atoms with van der Waals surface area (Å²) in [6.07, 6.45) is 3.78. The van der Waals surface area contributed by atoms with Gasteiger partial charge in [0, 0.05) is 6.04 Å². The molecule has 1 aromatic rings. The highest BCUT2D eigenvalue weighted by Gasteiger charge is 2.35. The maximum Gasteiger partial charge on any atom is 0.243 e. The lowest BCUT2D eigenvalue weighted by atomic mass is 9.74. The summed E-state index contributed by atoms with van der Waals surface area (Å²) in [7, 11) is -3.89. The first-order valence-corrected chi connectivity index (χ1v) is 8.66. The van der Waals surface area contributed by atoms with Crippen LogP contribution < -0.4 is 4.72 Å². The second-order valence-corrected chi connectivity index (χ2v) is 8.01. The zero-order chi connectivity index (χ0) is 15.7. The number of hydrogen-bond donors (Lipinski definition) is 2. The molecule has 118 valence electrons. The van der Waals surface area contributed by atoms with Crippen LogP contribution in [0.5, 0.6) is 0 Å². The first-order valence-electron chi connectivity index (χ1n) is 7.18. The van der Waals surface area contributed by atoms with Gasteiger partial charge in [-0.05, 0) is 36.0 Å². The summed E-state index contributed by atoms with van der Waals surface area (Å²) in [5.74, 6) is -0.831. The zero-order valence-electron chi connectivity index (χ0n) is 12.4. The van der Waals surface area contributed by atoms with Crippen molar-refractivity contribution in [3.05, 3.63) is 29.6 Å². The van der Waals surface area contributed by atoms with Crippen LogP contribution in [0.4, 0.5) is 4.39 Å². The molecule has 0 radical (unpaired) electrons. The molecule has 21 heavy (non-hydrogen) atoms. The normalized spacial score (nSPS) is 22.2. The van der Waals surface area contributed by atoms with E-state index in [1.54, 1.807) is 0 Å². The fraction of sp³-hybridized carbons (Fsp3) is 0.600. The van der Waals surface area contributed by atoms with Crippen LogP contribution in [0.15, 0.2) is 23.1 Å². The third-order valence-corrected chi connectivity index (χ3v) is 5.78. The quantitative estimate of drug-likeness (QED) is 0.897. The van der Waals surface area contributed by atoms with Gasteiger partial charge in [-0.25, -0.2) is 17.5 Å². The molecular weight excluding hydrogens is 293 g/mol. The van der Waals surface area contributed by atoms with Crippen LogP contribution in [0, 0.1) is 11.2 Å². The number of nitrogens with one attached hydrogen (secondary N) is 1. The minimum atomic E-state index is -3.89. The van der Waals surface area contributed by atoms with Gasteiger partial charge in [0.2, 0.25) is 10.0 Å². The molecule has 0 aromatic heterocycles. The maximum absolute atomic E-state index is 13.9. The van der Waals surface area contributed by atoms with Gasteiger partial charge in [-0.15, -0.1) is 0 Å². The van der Waals surface area contributed by atoms with E-state index >= 15 is 0 Å². The molecule has 1 atom stereocenters. The number of sulfonamides is 1. The lowest BCUT2D eigenvalue weighted by Crippen LogP contribution is -2.46. The van der Waals surface area contributed by atoms with Crippen LogP contribution >= 0.6 is 0 Å². The molecule has 1 aliphatic rings. The first kappa shape index (κ1) is 16.4. The summed E-state index contributed by atoms with van der Waals surface area (Å²) in [6, 6.07) is 3.50. The minimum absolute atomic E-state index is 0.132. The Bertz CT molecular complexity index is 613. The van der Waals surface area contributed by atoms with E-state index in [0.29, 0.717) is 5.56 Å². The second kappa shape index (κ2) is 6.02. The molecule has 0 spiro atoms. The fourth-order valence-electron chi connectivity index (χ4n) is 2.82. The van der Waals surface area contributed by atoms with Gasteiger partial charge in [0.25, 0.3) is 0 Å². The lowest BCUT2D eigenvalue weighted by Gasteiger charge is -2.38. The van der Waals surface area contributed by atoms with Crippen LogP contribution in [-0.4, -0.2) is 19.6 Å². The topological polar surface area (TPSA) is 66.4 Å². The van der Waals surface area contributed by atoms with Crippen LogP contribution in [0.1, 0.15) is 45.1 Å². The Balaban J connectivity index is 2.26. The zero-order valence-corrected chi connectivity index (χ0v) is 13.2. The van der Waals surface area contributed by atoms with E-state index < -0.39 is 15.8 Å². The average molecular weight is 315 g/mol. The molecule has 0 bridgehead atoms. The van der Waals surface area contributed by atoms with Gasteiger partial charge >= 0.3 is 0 Å². The molecular formula is C15H22FNO3S. The summed E-state index contributed by atoms with van der Waals surface area (Å²) in [5.41, 5.74) is 0.219. The number of aliphatic hydroxyl groups is 1. The van der Waals surface area contributed by atoms with E-state index in [1.807, 2.05) is 13.8 Å². The predicted octanol–water partition coefficient (Wildman–Crippen LogP) is 2.57. The third kappa shape index (κ3) is 3.62. The Labute approximate surface area is 125 Å². The molecule has 2 N–H and O–H groups in total. The minimum Gasteiger partial charge on any atom is -0.392 e. The summed E-state index contributed by atoms with van der Waals surface area (Å²) in [6.45, 7) is 3.75. The van der Waals surface area contributed by atoms with Gasteiger partial charge in [0.1, 0.15) is 10.7 Å². The van der Waals surface area contributed by atoms with E-state index in [9.17, 15) is 12.8 Å². The molecule has 0 amide bonds. The van der Waals surface area contributed by atoms with Gasteiger partial charge in [-0.2, -0.15) is 0 Å². The largest absolute Gasteiger partial charge is 0.392 e. The van der Waals surface area contributed by atoms with Crippen LogP contribution in [0.3, 0.4) is 0 Å². The highest BCUT2D eigenvalue weighted by atomic mass is 32.2. The van der Waals surface area contributed by atoms with Crippen molar-refractivity contribution in [2.75, 3.05) is 0 Å². The molecule has 2 rings (SSSR count). The van der Waals surface area contributed by atoms with E-state index in [0.717, 1.165) is 31.7 Å². The van der Waals surface area contributed by atoms with E-state index in [2.05, 4.69) is 4.72 Å². The standard InChI is InChI=1S/C15H22FNO3S/c1-15(2)8-4-3-5-14(15)17-21(19,20)13-7-6-11(10-18)9-12(13)16/h6-7,9,14,17-18H,3-5,8,10H2,1-2H3. The molecule has 1 unspecified atom stereocenters. The van der Waals surface area contributed by atoms with Crippen LogP contribution in [0.2, 0.25) is 0 Å². The Kier molecular flexibility index (Phi) is 4.70. The summed E-state index contributed by atoms with van der Waals surface area (Å²) >= 11 is 0. The van der Waals surface area contributed by atoms with Crippen molar-refractivity contribution in [2.45, 2.75) is 57.1 Å². The SMILES string of the molecule is CC1(C)CCCCC1NS(=O)(=O)c1ccc(CO)cc1F. The van der Waals surface area contributed by atoms with Crippen molar-refractivity contribution < 1.29 is 17.9 Å². The smallest absolute Gasteiger partial charge is 0.243 e. The summed E-state index contributed by atoms with van der Waals surface area (Å²) in [5, 5.41) is 8.95. The third-order valence-electron chi connectivity index (χ3n) is 4.27. The van der Waals surface area contributed by atoms with E-state index in [-0.39, 0.29) is 23.0 Å². The fourth-order valence-corrected chi connectivity index (χ4v) is 4.33. The molecule has 0 saturated heterocycles. The Morgan fingerprint density at radius 1 is 1.38 bits per heavy atom. The Morgan fingerprint density at radius 3 is 2.67 bits per heavy atom. The monoisotopic (exact) mass is 315 g/mol. The highest BCUT2D eigenvalue weighted by molar-refractivity contribution is 7.89. The first-order chi connectivity index (χ1) is 9.76. The van der Waals surface area contributed by atoms with E-state index in [1.165, 1.54) is 12.1 Å². The van der Waals surface area contributed by atoms with Gasteiger partial charge in [0.15, 0.2) is 0 Å². The number of benzene rings is 1. The molecule has 0 aliphatic heterocycles. The second-order valence-electron chi connectivity index (χ2n) is 6.33. The highest BCUT2D eigenvalue weighted by Crippen LogP contribution is 2.36. The number of halogens is 1. The van der Waals surface area contributed by atoms with Gasteiger partial charge in [-0.3, -0.25) is 0 Å². The van der Waals surface area contributed by atoms with Crippen molar-refractivity contribution in [1.82, 2.24) is 4.72 Å². The van der Waals surface area contributed by atoms with Crippen molar-refractivity contribution in [3.63, 3.8) is 0 Å². The van der Waals surface area contributed by atoms with Crippen molar-refractivity contribution in [1.29, 1.82) is 0 Å². The molecule has 4 nitrogen and oxygen atoms in total. The molecule has 0 heterocycles.